The van der Waals surface area contributed by atoms with Crippen molar-refractivity contribution in [3.05, 3.63) is 56.7 Å². The summed E-state index contributed by atoms with van der Waals surface area (Å²) < 4.78 is 1.19. The van der Waals surface area contributed by atoms with Gasteiger partial charge in [0.15, 0.2) is 0 Å². The maximum Gasteiger partial charge on any atom is 0.0303 e. The number of hydrogen-bond donors (Lipinski definition) is 1. The molecular weight excluding hydrogens is 332 g/mol. The highest BCUT2D eigenvalue weighted by atomic mass is 79.9. The van der Waals surface area contributed by atoms with E-state index < -0.39 is 0 Å². The van der Waals surface area contributed by atoms with Crippen LogP contribution in [-0.2, 0) is 13.1 Å². The average molecular weight is 351 g/mol. The lowest BCUT2D eigenvalue weighted by molar-refractivity contribution is 0.320. The van der Waals surface area contributed by atoms with Crippen molar-refractivity contribution in [1.82, 2.24) is 10.2 Å². The minimum absolute atomic E-state index is 0.625. The minimum Gasteiger partial charge on any atom is -0.308 e. The van der Waals surface area contributed by atoms with Gasteiger partial charge in [0, 0.05) is 47.0 Å². The Kier molecular flexibility index (Phi) is 4.89. The summed E-state index contributed by atoms with van der Waals surface area (Å²) in [5, 5.41) is 5.82. The number of likely N-dealkylation sites (tertiary alicyclic amines) is 1. The van der Waals surface area contributed by atoms with Crippen LogP contribution in [-0.4, -0.2) is 24.0 Å². The van der Waals surface area contributed by atoms with E-state index in [9.17, 15) is 0 Å². The van der Waals surface area contributed by atoms with Crippen LogP contribution >= 0.6 is 27.3 Å². The van der Waals surface area contributed by atoms with Gasteiger partial charge in [0.1, 0.15) is 0 Å². The van der Waals surface area contributed by atoms with E-state index in [2.05, 4.69) is 67.9 Å². The highest BCUT2D eigenvalue weighted by Gasteiger charge is 2.21. The Morgan fingerprint density at radius 2 is 2.15 bits per heavy atom. The van der Waals surface area contributed by atoms with Gasteiger partial charge in [-0.15, -0.1) is 11.3 Å². The number of rotatable bonds is 5. The molecule has 0 bridgehead atoms. The van der Waals surface area contributed by atoms with Crippen molar-refractivity contribution in [3.63, 3.8) is 0 Å². The number of benzene rings is 1. The molecule has 1 unspecified atom stereocenters. The van der Waals surface area contributed by atoms with Crippen molar-refractivity contribution in [3.8, 4) is 0 Å². The zero-order valence-corrected chi connectivity index (χ0v) is 13.8. The Morgan fingerprint density at radius 1 is 1.30 bits per heavy atom. The molecule has 3 rings (SSSR count). The molecule has 0 radical (unpaired) electrons. The molecule has 0 amide bonds. The molecule has 2 aromatic rings. The summed E-state index contributed by atoms with van der Waals surface area (Å²) in [5.74, 6) is 0. The fourth-order valence-corrected chi connectivity index (χ4v) is 4.08. The van der Waals surface area contributed by atoms with Crippen LogP contribution < -0.4 is 5.32 Å². The van der Waals surface area contributed by atoms with Crippen LogP contribution in [0.4, 0.5) is 0 Å². The fourth-order valence-electron chi connectivity index (χ4n) is 2.68. The number of nitrogens with zero attached hydrogens (tertiary/aromatic N) is 1. The summed E-state index contributed by atoms with van der Waals surface area (Å²) in [6.07, 6.45) is 1.25. The quantitative estimate of drug-likeness (QED) is 0.880. The van der Waals surface area contributed by atoms with Gasteiger partial charge < -0.3 is 5.32 Å². The molecular formula is C16H19BrN2S. The maximum atomic E-state index is 3.67. The summed E-state index contributed by atoms with van der Waals surface area (Å²) in [6.45, 7) is 4.41. The molecule has 4 heteroatoms. The van der Waals surface area contributed by atoms with Crippen LogP contribution in [0.5, 0.6) is 0 Å². The molecule has 2 heterocycles. The summed E-state index contributed by atoms with van der Waals surface area (Å²) >= 11 is 5.32. The summed E-state index contributed by atoms with van der Waals surface area (Å²) in [6, 6.07) is 13.6. The minimum atomic E-state index is 0.625. The topological polar surface area (TPSA) is 15.3 Å². The maximum absolute atomic E-state index is 3.67. The van der Waals surface area contributed by atoms with E-state index in [4.69, 9.17) is 0 Å². The summed E-state index contributed by atoms with van der Waals surface area (Å²) in [7, 11) is 0. The Hall–Kier alpha value is -0.680. The van der Waals surface area contributed by atoms with Gasteiger partial charge in [-0.2, -0.15) is 0 Å². The highest BCUT2D eigenvalue weighted by molar-refractivity contribution is 9.10. The standard InChI is InChI=1S/C16H19BrN2S/c17-14-8-16(20-12-14)9-18-15-6-7-19(11-15)10-13-4-2-1-3-5-13/h1-5,8,12,15,18H,6-7,9-11H2. The van der Waals surface area contributed by atoms with E-state index in [0.717, 1.165) is 19.6 Å². The van der Waals surface area contributed by atoms with Crippen LogP contribution in [0.15, 0.2) is 46.3 Å². The van der Waals surface area contributed by atoms with Crippen molar-refractivity contribution in [2.45, 2.75) is 25.6 Å². The average Bonchev–Trinajstić information content (AvgIpc) is 3.07. The largest absolute Gasteiger partial charge is 0.308 e. The van der Waals surface area contributed by atoms with E-state index in [1.165, 1.54) is 27.9 Å². The van der Waals surface area contributed by atoms with Crippen molar-refractivity contribution < 1.29 is 0 Å². The molecule has 1 aliphatic heterocycles. The third kappa shape index (κ3) is 3.92. The zero-order valence-electron chi connectivity index (χ0n) is 11.4. The molecule has 2 nitrogen and oxygen atoms in total. The van der Waals surface area contributed by atoms with Gasteiger partial charge in [0.05, 0.1) is 0 Å². The number of halogens is 1. The van der Waals surface area contributed by atoms with E-state index in [1.54, 1.807) is 0 Å². The van der Waals surface area contributed by atoms with Crippen LogP contribution in [0.3, 0.4) is 0 Å². The van der Waals surface area contributed by atoms with Gasteiger partial charge >= 0.3 is 0 Å². The van der Waals surface area contributed by atoms with Crippen LogP contribution in [0.25, 0.3) is 0 Å². The predicted molar refractivity (Wildman–Crippen MR) is 89.0 cm³/mol. The molecule has 1 N–H and O–H groups in total. The van der Waals surface area contributed by atoms with Gasteiger partial charge in [-0.05, 0) is 34.0 Å². The first-order valence-electron chi connectivity index (χ1n) is 7.02. The lowest BCUT2D eigenvalue weighted by Gasteiger charge is -2.16. The van der Waals surface area contributed by atoms with Crippen LogP contribution in [0.2, 0.25) is 0 Å². The monoisotopic (exact) mass is 350 g/mol. The van der Waals surface area contributed by atoms with Gasteiger partial charge in [-0.3, -0.25) is 4.90 Å². The summed E-state index contributed by atoms with van der Waals surface area (Å²) in [4.78, 5) is 3.94. The van der Waals surface area contributed by atoms with E-state index in [-0.39, 0.29) is 0 Å². The van der Waals surface area contributed by atoms with Gasteiger partial charge in [0.2, 0.25) is 0 Å². The lowest BCUT2D eigenvalue weighted by Crippen LogP contribution is -2.31. The Labute approximate surface area is 132 Å². The first kappa shape index (κ1) is 14.3. The molecule has 1 saturated heterocycles. The van der Waals surface area contributed by atoms with Crippen molar-refractivity contribution in [1.29, 1.82) is 0 Å². The molecule has 1 fully saturated rings. The third-order valence-corrected chi connectivity index (χ3v) is 5.41. The van der Waals surface area contributed by atoms with E-state index in [0.29, 0.717) is 6.04 Å². The van der Waals surface area contributed by atoms with Crippen molar-refractivity contribution in [2.75, 3.05) is 13.1 Å². The Morgan fingerprint density at radius 3 is 2.90 bits per heavy atom. The molecule has 20 heavy (non-hydrogen) atoms. The number of thiophene rings is 1. The lowest BCUT2D eigenvalue weighted by atomic mass is 10.2. The second-order valence-corrected chi connectivity index (χ2v) is 7.23. The van der Waals surface area contributed by atoms with Gasteiger partial charge in [-0.25, -0.2) is 0 Å². The second-order valence-electron chi connectivity index (χ2n) is 5.32. The molecule has 106 valence electrons. The third-order valence-electron chi connectivity index (χ3n) is 3.71. The van der Waals surface area contributed by atoms with E-state index >= 15 is 0 Å². The highest BCUT2D eigenvalue weighted by Crippen LogP contribution is 2.20. The molecule has 1 aromatic carbocycles. The number of hydrogen-bond acceptors (Lipinski definition) is 3. The summed E-state index contributed by atoms with van der Waals surface area (Å²) in [5.41, 5.74) is 1.41. The van der Waals surface area contributed by atoms with Crippen molar-refractivity contribution >= 4 is 27.3 Å². The smallest absolute Gasteiger partial charge is 0.0303 e. The zero-order chi connectivity index (χ0) is 13.8. The van der Waals surface area contributed by atoms with Crippen LogP contribution in [0, 0.1) is 0 Å². The SMILES string of the molecule is Brc1csc(CNC2CCN(Cc3ccccc3)C2)c1. The molecule has 0 spiro atoms. The first-order chi connectivity index (χ1) is 9.79. The van der Waals surface area contributed by atoms with Gasteiger partial charge in [0.25, 0.3) is 0 Å². The van der Waals surface area contributed by atoms with Crippen molar-refractivity contribution in [2.24, 2.45) is 0 Å². The molecule has 1 atom stereocenters. The first-order valence-corrected chi connectivity index (χ1v) is 8.69. The number of nitrogens with one attached hydrogen (secondary N) is 1. The molecule has 0 saturated carbocycles. The molecule has 1 aliphatic rings. The molecule has 1 aromatic heterocycles. The van der Waals surface area contributed by atoms with E-state index in [1.807, 2.05) is 11.3 Å². The normalized spacial score (nSPS) is 19.6. The Balaban J connectivity index is 1.45. The van der Waals surface area contributed by atoms with Crippen LogP contribution in [0.1, 0.15) is 16.9 Å². The predicted octanol–water partition coefficient (Wildman–Crippen LogP) is 3.87. The van der Waals surface area contributed by atoms with Gasteiger partial charge in [-0.1, -0.05) is 30.3 Å². The second kappa shape index (κ2) is 6.85. The molecule has 0 aliphatic carbocycles. The fraction of sp³-hybridized carbons (Fsp3) is 0.375. The Bertz CT molecular complexity index is 540.